The smallest absolute Gasteiger partial charge is 0.127 e. The van der Waals surface area contributed by atoms with Crippen LogP contribution in [0, 0.1) is 0 Å². The van der Waals surface area contributed by atoms with Crippen molar-refractivity contribution in [2.75, 3.05) is 13.7 Å². The van der Waals surface area contributed by atoms with Crippen molar-refractivity contribution < 1.29 is 4.74 Å². The molecule has 0 spiro atoms. The first-order valence-corrected chi connectivity index (χ1v) is 13.1. The van der Waals surface area contributed by atoms with Gasteiger partial charge in [0.25, 0.3) is 0 Å². The molecule has 0 aliphatic heterocycles. The van der Waals surface area contributed by atoms with Crippen LogP contribution in [0.5, 0.6) is 5.75 Å². The highest BCUT2D eigenvalue weighted by atomic mass is 16.5. The zero-order valence-electron chi connectivity index (χ0n) is 21.6. The number of hydrogen-bond acceptors (Lipinski definition) is 3. The number of pyridine rings is 1. The minimum Gasteiger partial charge on any atom is -0.496 e. The van der Waals surface area contributed by atoms with Crippen LogP contribution < -0.4 is 4.74 Å². The second-order valence-corrected chi connectivity index (χ2v) is 9.15. The first-order chi connectivity index (χ1) is 16.7. The molecular weight excluding hydrogens is 416 g/mol. The second kappa shape index (κ2) is 13.9. The number of aromatic nitrogens is 1. The molecule has 0 unspecified atom stereocenters. The lowest BCUT2D eigenvalue weighted by Crippen LogP contribution is -2.24. The van der Waals surface area contributed by atoms with Crippen molar-refractivity contribution in [3.8, 4) is 17.0 Å². The molecule has 1 aromatic heterocycles. The van der Waals surface area contributed by atoms with E-state index in [1.807, 2.05) is 6.20 Å². The first kappa shape index (κ1) is 26.0. The molecule has 0 fully saturated rings. The summed E-state index contributed by atoms with van der Waals surface area (Å²) in [6.45, 7) is 9.57. The number of methoxy groups -OCH3 is 1. The monoisotopic (exact) mass is 458 g/mol. The van der Waals surface area contributed by atoms with E-state index < -0.39 is 0 Å². The zero-order valence-corrected chi connectivity index (χ0v) is 21.6. The summed E-state index contributed by atoms with van der Waals surface area (Å²) in [5.74, 6) is 0.932. The van der Waals surface area contributed by atoms with E-state index in [1.165, 1.54) is 54.4 Å². The van der Waals surface area contributed by atoms with Crippen molar-refractivity contribution in [3.05, 3.63) is 83.0 Å². The molecule has 0 radical (unpaired) electrons. The summed E-state index contributed by atoms with van der Waals surface area (Å²) >= 11 is 0. The summed E-state index contributed by atoms with van der Waals surface area (Å²) in [5, 5.41) is 0. The van der Waals surface area contributed by atoms with E-state index in [9.17, 15) is 0 Å². The van der Waals surface area contributed by atoms with Crippen LogP contribution in [-0.2, 0) is 25.9 Å². The van der Waals surface area contributed by atoms with Crippen molar-refractivity contribution in [1.82, 2.24) is 9.88 Å². The largest absolute Gasteiger partial charge is 0.496 e. The van der Waals surface area contributed by atoms with Crippen molar-refractivity contribution in [1.29, 1.82) is 0 Å². The van der Waals surface area contributed by atoms with E-state index in [1.54, 1.807) is 7.11 Å². The topological polar surface area (TPSA) is 25.4 Å². The molecule has 2 aromatic carbocycles. The van der Waals surface area contributed by atoms with Gasteiger partial charge in [-0.15, -0.1) is 0 Å². The van der Waals surface area contributed by atoms with E-state index in [0.717, 1.165) is 49.5 Å². The van der Waals surface area contributed by atoms with Gasteiger partial charge in [-0.05, 0) is 42.5 Å². The molecule has 1 heterocycles. The van der Waals surface area contributed by atoms with Gasteiger partial charge in [0.2, 0.25) is 0 Å². The van der Waals surface area contributed by atoms with E-state index in [4.69, 9.17) is 9.72 Å². The van der Waals surface area contributed by atoms with E-state index in [0.29, 0.717) is 0 Å². The summed E-state index contributed by atoms with van der Waals surface area (Å²) in [6, 6.07) is 19.5. The number of nitrogens with zero attached hydrogens (tertiary/aromatic N) is 2. The van der Waals surface area contributed by atoms with Gasteiger partial charge >= 0.3 is 0 Å². The van der Waals surface area contributed by atoms with Crippen LogP contribution >= 0.6 is 0 Å². The van der Waals surface area contributed by atoms with Crippen LogP contribution in [0.3, 0.4) is 0 Å². The van der Waals surface area contributed by atoms with Gasteiger partial charge in [0, 0.05) is 36.5 Å². The Balaban J connectivity index is 1.83. The lowest BCUT2D eigenvalue weighted by molar-refractivity contribution is 0.246. The molecule has 3 aromatic rings. The van der Waals surface area contributed by atoms with E-state index >= 15 is 0 Å². The predicted molar refractivity (Wildman–Crippen MR) is 144 cm³/mol. The lowest BCUT2D eigenvalue weighted by atomic mass is 9.94. The highest BCUT2D eigenvalue weighted by Crippen LogP contribution is 2.32. The van der Waals surface area contributed by atoms with Gasteiger partial charge in [0.1, 0.15) is 5.75 Å². The fourth-order valence-electron chi connectivity index (χ4n) is 4.72. The molecule has 0 aliphatic carbocycles. The van der Waals surface area contributed by atoms with Gasteiger partial charge in [-0.2, -0.15) is 0 Å². The average molecular weight is 459 g/mol. The molecule has 0 saturated carbocycles. The molecule has 0 bridgehead atoms. The number of rotatable bonds is 14. The summed E-state index contributed by atoms with van der Waals surface area (Å²) in [5.41, 5.74) is 7.49. The maximum Gasteiger partial charge on any atom is 0.127 e. The maximum absolute atomic E-state index is 5.90. The van der Waals surface area contributed by atoms with Gasteiger partial charge in [0.15, 0.2) is 0 Å². The number of aryl methyl sites for hydroxylation is 2. The van der Waals surface area contributed by atoms with Crippen molar-refractivity contribution in [2.24, 2.45) is 0 Å². The Morgan fingerprint density at radius 1 is 0.765 bits per heavy atom. The number of benzene rings is 2. The van der Waals surface area contributed by atoms with E-state index in [2.05, 4.69) is 80.3 Å². The highest BCUT2D eigenvalue weighted by Gasteiger charge is 2.16. The van der Waals surface area contributed by atoms with Crippen LogP contribution in [0.4, 0.5) is 0 Å². The SMILES string of the molecule is CCCCCCCN(Cc1ccccc1)Cc1cnc(-c2c(CC)cccc2CC)cc1OC. The molecule has 3 heteroatoms. The number of ether oxygens (including phenoxy) is 1. The summed E-state index contributed by atoms with van der Waals surface area (Å²) in [6.07, 6.45) is 10.5. The molecule has 0 atom stereocenters. The van der Waals surface area contributed by atoms with Gasteiger partial charge < -0.3 is 4.74 Å². The van der Waals surface area contributed by atoms with E-state index in [-0.39, 0.29) is 0 Å². The van der Waals surface area contributed by atoms with Crippen LogP contribution in [0.15, 0.2) is 60.8 Å². The third kappa shape index (κ3) is 7.17. The first-order valence-electron chi connectivity index (χ1n) is 13.1. The molecular formula is C31H42N2O. The van der Waals surface area contributed by atoms with Crippen LogP contribution in [0.2, 0.25) is 0 Å². The maximum atomic E-state index is 5.90. The third-order valence-electron chi connectivity index (χ3n) is 6.64. The van der Waals surface area contributed by atoms with Crippen LogP contribution in [0.1, 0.15) is 75.1 Å². The molecule has 3 nitrogen and oxygen atoms in total. The summed E-state index contributed by atoms with van der Waals surface area (Å²) in [7, 11) is 1.78. The minimum absolute atomic E-state index is 0.842. The standard InChI is InChI=1S/C31H42N2O/c1-5-8-9-10-14-20-33(23-25-16-12-11-13-17-25)24-28-22-32-29(21-30(28)34-4)31-26(6-2)18-15-19-27(31)7-3/h11-13,15-19,21-22H,5-10,14,20,23-24H2,1-4H3. The fraction of sp³-hybridized carbons (Fsp3) is 0.452. The molecule has 3 rings (SSSR count). The van der Waals surface area contributed by atoms with Crippen LogP contribution in [0.25, 0.3) is 11.3 Å². The Labute approximate surface area is 207 Å². The fourth-order valence-corrected chi connectivity index (χ4v) is 4.72. The summed E-state index contributed by atoms with van der Waals surface area (Å²) in [4.78, 5) is 7.49. The lowest BCUT2D eigenvalue weighted by Gasteiger charge is -2.24. The minimum atomic E-state index is 0.842. The third-order valence-corrected chi connectivity index (χ3v) is 6.64. The van der Waals surface area contributed by atoms with Gasteiger partial charge in [0.05, 0.1) is 12.8 Å². The normalized spacial score (nSPS) is 11.2. The Kier molecular flexibility index (Phi) is 10.6. The molecule has 0 saturated heterocycles. The molecule has 0 aliphatic rings. The van der Waals surface area contributed by atoms with Gasteiger partial charge in [-0.3, -0.25) is 9.88 Å². The number of unbranched alkanes of at least 4 members (excludes halogenated alkanes) is 4. The van der Waals surface area contributed by atoms with Crippen LogP contribution in [-0.4, -0.2) is 23.5 Å². The van der Waals surface area contributed by atoms with Gasteiger partial charge in [-0.25, -0.2) is 0 Å². The predicted octanol–water partition coefficient (Wildman–Crippen LogP) is 7.85. The Morgan fingerprint density at radius 2 is 1.47 bits per heavy atom. The number of hydrogen-bond donors (Lipinski definition) is 0. The second-order valence-electron chi connectivity index (χ2n) is 9.15. The van der Waals surface area contributed by atoms with Gasteiger partial charge in [-0.1, -0.05) is 95.0 Å². The van der Waals surface area contributed by atoms with Crippen molar-refractivity contribution >= 4 is 0 Å². The quantitative estimate of drug-likeness (QED) is 0.230. The molecule has 0 N–H and O–H groups in total. The van der Waals surface area contributed by atoms with Crippen molar-refractivity contribution in [2.45, 2.75) is 78.8 Å². The molecule has 34 heavy (non-hydrogen) atoms. The molecule has 0 amide bonds. The molecule has 182 valence electrons. The summed E-state index contributed by atoms with van der Waals surface area (Å²) < 4.78 is 5.90. The Hall–Kier alpha value is -2.65. The Morgan fingerprint density at radius 3 is 2.12 bits per heavy atom. The Bertz CT molecular complexity index is 977. The van der Waals surface area contributed by atoms with Crippen molar-refractivity contribution in [3.63, 3.8) is 0 Å². The highest BCUT2D eigenvalue weighted by molar-refractivity contribution is 5.69. The zero-order chi connectivity index (χ0) is 24.2. The average Bonchev–Trinajstić information content (AvgIpc) is 2.88.